The summed E-state index contributed by atoms with van der Waals surface area (Å²) in [4.78, 5) is 20.5. The Morgan fingerprint density at radius 2 is 2.00 bits per heavy atom. The summed E-state index contributed by atoms with van der Waals surface area (Å²) in [6.07, 6.45) is 4.78. The number of hydrogen-bond acceptors (Lipinski definition) is 2. The Balaban J connectivity index is 3.80. The van der Waals surface area contributed by atoms with E-state index in [1.165, 1.54) is 0 Å². The molecule has 0 rings (SSSR count). The molecule has 0 aliphatic heterocycles. The van der Waals surface area contributed by atoms with Crippen LogP contribution < -0.4 is 0 Å². The van der Waals surface area contributed by atoms with Gasteiger partial charge in [-0.05, 0) is 12.3 Å². The average molecular weight is 263 g/mol. The molecule has 0 aromatic carbocycles. The Morgan fingerprint density at radius 3 is 2.43 bits per heavy atom. The van der Waals surface area contributed by atoms with E-state index in [2.05, 4.69) is 15.9 Å². The summed E-state index contributed by atoms with van der Waals surface area (Å²) in [5.41, 5.74) is 0. The van der Waals surface area contributed by atoms with E-state index in [1.54, 1.807) is 0 Å². The Morgan fingerprint density at radius 1 is 1.43 bits per heavy atom. The summed E-state index contributed by atoms with van der Waals surface area (Å²) in [5, 5.41) is 8.51. The minimum atomic E-state index is -1.12. The lowest BCUT2D eigenvalue weighted by Gasteiger charge is -2.01. The van der Waals surface area contributed by atoms with E-state index in [0.717, 1.165) is 0 Å². The number of alkyl halides is 1. The monoisotopic (exact) mass is 262 g/mol. The van der Waals surface area contributed by atoms with Crippen LogP contribution in [0.25, 0.3) is 0 Å². The Labute approximate surface area is 92.3 Å². The van der Waals surface area contributed by atoms with E-state index in [9.17, 15) is 9.59 Å². The van der Waals surface area contributed by atoms with Gasteiger partial charge in [0.2, 0.25) is 0 Å². The van der Waals surface area contributed by atoms with Crippen LogP contribution in [-0.4, -0.2) is 21.7 Å². The molecule has 0 saturated heterocycles. The summed E-state index contributed by atoms with van der Waals surface area (Å²) in [5.74, 6) is -0.946. The van der Waals surface area contributed by atoms with E-state index in [0.29, 0.717) is 12.3 Å². The van der Waals surface area contributed by atoms with Gasteiger partial charge in [0, 0.05) is 6.42 Å². The second kappa shape index (κ2) is 6.76. The highest BCUT2D eigenvalue weighted by Gasteiger charge is 2.21. The first-order valence-electron chi connectivity index (χ1n) is 4.51. The van der Waals surface area contributed by atoms with Crippen molar-refractivity contribution in [1.82, 2.24) is 0 Å². The number of allylic oxidation sites excluding steroid dienone is 2. The van der Waals surface area contributed by atoms with Crippen molar-refractivity contribution in [3.8, 4) is 0 Å². The van der Waals surface area contributed by atoms with Gasteiger partial charge >= 0.3 is 5.97 Å². The number of hydrogen-bond donors (Lipinski definition) is 1. The lowest BCUT2D eigenvalue weighted by atomic mass is 10.1. The van der Waals surface area contributed by atoms with Crippen LogP contribution in [0.5, 0.6) is 0 Å². The van der Waals surface area contributed by atoms with Gasteiger partial charge in [-0.15, -0.1) is 0 Å². The highest BCUT2D eigenvalue weighted by molar-refractivity contribution is 9.10. The molecule has 1 unspecified atom stereocenters. The predicted molar refractivity (Wildman–Crippen MR) is 58.6 cm³/mol. The molecule has 0 aromatic rings. The smallest absolute Gasteiger partial charge is 0.324 e. The molecule has 0 fully saturated rings. The van der Waals surface area contributed by atoms with E-state index >= 15 is 0 Å². The van der Waals surface area contributed by atoms with Crippen molar-refractivity contribution in [2.45, 2.75) is 31.5 Å². The molecule has 0 aromatic heterocycles. The molecule has 1 atom stereocenters. The van der Waals surface area contributed by atoms with Crippen molar-refractivity contribution in [2.75, 3.05) is 0 Å². The summed E-state index contributed by atoms with van der Waals surface area (Å²) in [7, 11) is 0. The maximum atomic E-state index is 11.2. The molecule has 0 spiro atoms. The second-order valence-electron chi connectivity index (χ2n) is 3.38. The van der Waals surface area contributed by atoms with E-state index < -0.39 is 10.8 Å². The number of halogens is 1. The average Bonchev–Trinajstić information content (AvgIpc) is 2.10. The number of carbonyl (C=O) groups is 2. The third kappa shape index (κ3) is 5.91. The van der Waals surface area contributed by atoms with Crippen molar-refractivity contribution in [2.24, 2.45) is 5.92 Å². The molecule has 3 nitrogen and oxygen atoms in total. The fourth-order valence-corrected chi connectivity index (χ4v) is 1.09. The second-order valence-corrected chi connectivity index (χ2v) is 4.29. The summed E-state index contributed by atoms with van der Waals surface area (Å²) >= 11 is 2.82. The number of carboxylic acid groups (broad SMARTS) is 1. The van der Waals surface area contributed by atoms with E-state index in [4.69, 9.17) is 5.11 Å². The lowest BCUT2D eigenvalue weighted by molar-refractivity contribution is -0.139. The summed E-state index contributed by atoms with van der Waals surface area (Å²) in [6.45, 7) is 4.09. The van der Waals surface area contributed by atoms with Gasteiger partial charge < -0.3 is 5.11 Å². The number of ketones is 1. The van der Waals surface area contributed by atoms with Crippen LogP contribution in [0.1, 0.15) is 26.7 Å². The van der Waals surface area contributed by atoms with Gasteiger partial charge in [0.05, 0.1) is 0 Å². The number of carbonyl (C=O) groups excluding carboxylic acids is 1. The molecule has 0 heterocycles. The first-order valence-corrected chi connectivity index (χ1v) is 5.43. The number of rotatable bonds is 6. The molecule has 14 heavy (non-hydrogen) atoms. The zero-order chi connectivity index (χ0) is 11.1. The van der Waals surface area contributed by atoms with Crippen LogP contribution in [0, 0.1) is 5.92 Å². The number of Topliss-reactive ketones (excluding diaryl/α,β-unsaturated/α-hetero) is 1. The van der Waals surface area contributed by atoms with Gasteiger partial charge in [-0.3, -0.25) is 9.59 Å². The largest absolute Gasteiger partial charge is 0.480 e. The first-order chi connectivity index (χ1) is 6.45. The fourth-order valence-electron chi connectivity index (χ4n) is 0.858. The zero-order valence-corrected chi connectivity index (χ0v) is 9.95. The van der Waals surface area contributed by atoms with Crippen LogP contribution in [0.2, 0.25) is 0 Å². The molecule has 0 amide bonds. The molecule has 0 aliphatic rings. The Hall–Kier alpha value is -0.640. The third-order valence-electron chi connectivity index (χ3n) is 1.58. The maximum absolute atomic E-state index is 11.2. The van der Waals surface area contributed by atoms with E-state index in [-0.39, 0.29) is 12.2 Å². The number of carboxylic acids is 1. The van der Waals surface area contributed by atoms with E-state index in [1.807, 2.05) is 26.0 Å². The lowest BCUT2D eigenvalue weighted by Crippen LogP contribution is -2.23. The fraction of sp³-hybridized carbons (Fsp3) is 0.600. The normalized spacial score (nSPS) is 13.4. The van der Waals surface area contributed by atoms with Crippen molar-refractivity contribution in [3.63, 3.8) is 0 Å². The van der Waals surface area contributed by atoms with Crippen molar-refractivity contribution in [1.29, 1.82) is 0 Å². The topological polar surface area (TPSA) is 54.4 Å². The van der Waals surface area contributed by atoms with Gasteiger partial charge in [-0.25, -0.2) is 0 Å². The first kappa shape index (κ1) is 13.4. The van der Waals surface area contributed by atoms with Gasteiger partial charge in [0.1, 0.15) is 0 Å². The highest BCUT2D eigenvalue weighted by Crippen LogP contribution is 2.07. The van der Waals surface area contributed by atoms with Crippen molar-refractivity contribution < 1.29 is 14.7 Å². The van der Waals surface area contributed by atoms with Gasteiger partial charge in [0.25, 0.3) is 0 Å². The number of aliphatic carboxylic acids is 1. The Bertz CT molecular complexity index is 234. The summed E-state index contributed by atoms with van der Waals surface area (Å²) in [6, 6.07) is 0. The van der Waals surface area contributed by atoms with Crippen LogP contribution in [0.3, 0.4) is 0 Å². The molecule has 1 N–H and O–H groups in total. The molecule has 0 saturated carbocycles. The molecule has 4 heteroatoms. The molecule has 80 valence electrons. The standard InChI is InChI=1S/C10H15BrO3/c1-7(2)5-3-4-6-8(12)9(11)10(13)14/h3,5,7,9H,4,6H2,1-2H3,(H,13,14). The molecule has 0 bridgehead atoms. The van der Waals surface area contributed by atoms with Gasteiger partial charge in [-0.1, -0.05) is 41.9 Å². The van der Waals surface area contributed by atoms with Crippen molar-refractivity contribution in [3.05, 3.63) is 12.2 Å². The van der Waals surface area contributed by atoms with Crippen molar-refractivity contribution >= 4 is 27.7 Å². The predicted octanol–water partition coefficient (Wildman–Crippen LogP) is 2.40. The van der Waals surface area contributed by atoms with Gasteiger partial charge in [-0.2, -0.15) is 0 Å². The van der Waals surface area contributed by atoms with Crippen LogP contribution in [-0.2, 0) is 9.59 Å². The molecular formula is C10H15BrO3. The van der Waals surface area contributed by atoms with Gasteiger partial charge in [0.15, 0.2) is 10.6 Å². The quantitative estimate of drug-likeness (QED) is 0.455. The molecular weight excluding hydrogens is 248 g/mol. The maximum Gasteiger partial charge on any atom is 0.324 e. The third-order valence-corrected chi connectivity index (χ3v) is 2.48. The molecule has 0 radical (unpaired) electrons. The minimum absolute atomic E-state index is 0.269. The van der Waals surface area contributed by atoms with Crippen LogP contribution in [0.4, 0.5) is 0 Å². The minimum Gasteiger partial charge on any atom is -0.480 e. The van der Waals surface area contributed by atoms with Crippen LogP contribution >= 0.6 is 15.9 Å². The molecule has 0 aliphatic carbocycles. The Kier molecular flexibility index (Phi) is 6.45. The SMILES string of the molecule is CC(C)C=CCCC(=O)C(Br)C(=O)O. The highest BCUT2D eigenvalue weighted by atomic mass is 79.9. The summed E-state index contributed by atoms with van der Waals surface area (Å²) < 4.78 is 0. The van der Waals surface area contributed by atoms with Crippen LogP contribution in [0.15, 0.2) is 12.2 Å². The zero-order valence-electron chi connectivity index (χ0n) is 8.37.